The number of aromatic amines is 1. The number of nitrogens with one attached hydrogen (secondary N) is 3. The molecule has 0 spiro atoms. The number of amides is 1. The van der Waals surface area contributed by atoms with E-state index >= 15 is 0 Å². The Kier molecular flexibility index (Phi) is 6.01. The zero-order valence-corrected chi connectivity index (χ0v) is 15.1. The summed E-state index contributed by atoms with van der Waals surface area (Å²) in [5, 5.41) is 13.0. The van der Waals surface area contributed by atoms with E-state index in [9.17, 15) is 9.18 Å². The lowest BCUT2D eigenvalue weighted by atomic mass is 10.1. The van der Waals surface area contributed by atoms with Crippen molar-refractivity contribution in [2.24, 2.45) is 0 Å². The third-order valence-electron chi connectivity index (χ3n) is 4.51. The lowest BCUT2D eigenvalue weighted by Gasteiger charge is -2.07. The van der Waals surface area contributed by atoms with E-state index in [1.807, 2.05) is 12.1 Å². The molecule has 27 heavy (non-hydrogen) atoms. The number of H-pyrrole nitrogens is 1. The number of hydrogen-bond acceptors (Lipinski definition) is 3. The molecule has 0 unspecified atom stereocenters. The van der Waals surface area contributed by atoms with Gasteiger partial charge in [-0.15, -0.1) is 0 Å². The molecule has 1 amide bonds. The normalized spacial score (nSPS) is 11.4. The van der Waals surface area contributed by atoms with Crippen molar-refractivity contribution >= 4 is 22.9 Å². The summed E-state index contributed by atoms with van der Waals surface area (Å²) < 4.78 is 14.2. The topological polar surface area (TPSA) is 77.2 Å². The van der Waals surface area contributed by atoms with Gasteiger partial charge in [0.15, 0.2) is 0 Å². The highest BCUT2D eigenvalue weighted by molar-refractivity contribution is 5.90. The van der Waals surface area contributed by atoms with Crippen LogP contribution in [-0.2, 0) is 17.8 Å². The molecule has 0 aliphatic rings. The Balaban J connectivity index is 1.56. The van der Waals surface area contributed by atoms with E-state index in [-0.39, 0.29) is 5.82 Å². The summed E-state index contributed by atoms with van der Waals surface area (Å²) >= 11 is 0. The number of rotatable bonds is 7. The third kappa shape index (κ3) is 4.61. The van der Waals surface area contributed by atoms with E-state index in [1.54, 1.807) is 12.1 Å². The molecule has 0 fully saturated rings. The van der Waals surface area contributed by atoms with Gasteiger partial charge in [-0.1, -0.05) is 30.3 Å². The molecule has 0 aliphatic carbocycles. The van der Waals surface area contributed by atoms with Crippen LogP contribution in [0.1, 0.15) is 22.4 Å². The molecule has 4 N–H and O–H groups in total. The summed E-state index contributed by atoms with van der Waals surface area (Å²) in [5.41, 5.74) is 6.18. The van der Waals surface area contributed by atoms with E-state index in [0.29, 0.717) is 17.7 Å². The first-order chi connectivity index (χ1) is 13.1. The third-order valence-corrected chi connectivity index (χ3v) is 4.51. The van der Waals surface area contributed by atoms with E-state index in [2.05, 4.69) is 29.4 Å². The molecule has 0 bridgehead atoms. The van der Waals surface area contributed by atoms with Crippen molar-refractivity contribution in [3.8, 4) is 0 Å². The number of hydroxylamine groups is 1. The molecule has 0 atom stereocenters. The van der Waals surface area contributed by atoms with Gasteiger partial charge in [-0.25, -0.2) is 9.87 Å². The summed E-state index contributed by atoms with van der Waals surface area (Å²) in [5.74, 6) is -0.994. The molecule has 1 heterocycles. The number of halogens is 1. The van der Waals surface area contributed by atoms with Gasteiger partial charge in [0.25, 0.3) is 5.91 Å². The first-order valence-corrected chi connectivity index (χ1v) is 8.76. The van der Waals surface area contributed by atoms with Gasteiger partial charge < -0.3 is 10.3 Å². The Morgan fingerprint density at radius 2 is 2.07 bits per heavy atom. The van der Waals surface area contributed by atoms with Crippen LogP contribution in [0.2, 0.25) is 0 Å². The molecule has 0 radical (unpaired) electrons. The highest BCUT2D eigenvalue weighted by atomic mass is 19.1. The molecular formula is C21H22FN3O2. The largest absolute Gasteiger partial charge is 0.358 e. The molecule has 0 saturated heterocycles. The summed E-state index contributed by atoms with van der Waals surface area (Å²) in [6, 6.07) is 13.0. The fourth-order valence-electron chi connectivity index (χ4n) is 3.11. The first kappa shape index (κ1) is 18.8. The Hall–Kier alpha value is -2.96. The summed E-state index contributed by atoms with van der Waals surface area (Å²) in [6.07, 6.45) is 3.43. The summed E-state index contributed by atoms with van der Waals surface area (Å²) in [6.45, 7) is 3.23. The average Bonchev–Trinajstić information content (AvgIpc) is 2.99. The van der Waals surface area contributed by atoms with Crippen LogP contribution in [0.5, 0.6) is 0 Å². The van der Waals surface area contributed by atoms with Crippen molar-refractivity contribution in [1.29, 1.82) is 0 Å². The van der Waals surface area contributed by atoms with Crippen LogP contribution in [0.4, 0.5) is 4.39 Å². The molecule has 6 heteroatoms. The van der Waals surface area contributed by atoms with Crippen LogP contribution in [0.15, 0.2) is 48.5 Å². The minimum atomic E-state index is -0.659. The standard InChI is InChI=1S/C21H22FN3O2/c1-14-17(18-4-2-3-5-20(18)24-14)10-11-23-13-16-8-6-15(12-19(16)22)7-9-21(26)25-27/h2-9,12,23-24,27H,10-11,13H2,1H3,(H,25,26)/b9-7+. The first-order valence-electron chi connectivity index (χ1n) is 8.76. The van der Waals surface area contributed by atoms with E-state index in [1.165, 1.54) is 28.6 Å². The Morgan fingerprint density at radius 3 is 2.85 bits per heavy atom. The van der Waals surface area contributed by atoms with Gasteiger partial charge in [0.1, 0.15) is 5.82 Å². The second kappa shape index (κ2) is 8.62. The maximum Gasteiger partial charge on any atom is 0.267 e. The fourth-order valence-corrected chi connectivity index (χ4v) is 3.11. The van der Waals surface area contributed by atoms with Crippen LogP contribution >= 0.6 is 0 Å². The minimum Gasteiger partial charge on any atom is -0.358 e. The highest BCUT2D eigenvalue weighted by Crippen LogP contribution is 2.22. The lowest BCUT2D eigenvalue weighted by molar-refractivity contribution is -0.124. The van der Waals surface area contributed by atoms with Gasteiger partial charge in [-0.05, 0) is 49.2 Å². The van der Waals surface area contributed by atoms with E-state index < -0.39 is 5.91 Å². The van der Waals surface area contributed by atoms with Gasteiger partial charge in [-0.3, -0.25) is 10.0 Å². The lowest BCUT2D eigenvalue weighted by Crippen LogP contribution is -2.17. The predicted molar refractivity (Wildman–Crippen MR) is 104 cm³/mol. The van der Waals surface area contributed by atoms with Crippen LogP contribution in [-0.4, -0.2) is 22.6 Å². The van der Waals surface area contributed by atoms with Crippen molar-refractivity contribution < 1.29 is 14.4 Å². The number of aryl methyl sites for hydroxylation is 1. The second-order valence-electron chi connectivity index (χ2n) is 6.36. The highest BCUT2D eigenvalue weighted by Gasteiger charge is 2.08. The van der Waals surface area contributed by atoms with Gasteiger partial charge in [0.2, 0.25) is 0 Å². The molecule has 3 rings (SSSR count). The summed E-state index contributed by atoms with van der Waals surface area (Å²) in [4.78, 5) is 14.3. The van der Waals surface area contributed by atoms with Gasteiger partial charge in [0.05, 0.1) is 0 Å². The number of para-hydroxylation sites is 1. The van der Waals surface area contributed by atoms with Gasteiger partial charge in [-0.2, -0.15) is 0 Å². The van der Waals surface area contributed by atoms with Gasteiger partial charge in [0, 0.05) is 34.8 Å². The number of carbonyl (C=O) groups excluding carboxylic acids is 1. The van der Waals surface area contributed by atoms with E-state index in [4.69, 9.17) is 5.21 Å². The van der Waals surface area contributed by atoms with E-state index in [0.717, 1.165) is 30.3 Å². The van der Waals surface area contributed by atoms with Crippen molar-refractivity contribution in [3.05, 3.63) is 76.7 Å². The molecule has 140 valence electrons. The van der Waals surface area contributed by atoms with Crippen molar-refractivity contribution in [2.45, 2.75) is 19.9 Å². The Bertz CT molecular complexity index is 979. The van der Waals surface area contributed by atoms with Crippen molar-refractivity contribution in [1.82, 2.24) is 15.8 Å². The average molecular weight is 367 g/mol. The Labute approximate surface area is 156 Å². The number of fused-ring (bicyclic) bond motifs is 1. The quantitative estimate of drug-likeness (QED) is 0.224. The molecule has 3 aromatic rings. The molecule has 0 aliphatic heterocycles. The van der Waals surface area contributed by atoms with Crippen LogP contribution < -0.4 is 10.8 Å². The molecular weight excluding hydrogens is 345 g/mol. The number of benzene rings is 2. The molecule has 5 nitrogen and oxygen atoms in total. The maximum absolute atomic E-state index is 14.2. The zero-order chi connectivity index (χ0) is 19.2. The van der Waals surface area contributed by atoms with Crippen molar-refractivity contribution in [2.75, 3.05) is 6.54 Å². The number of hydrogen-bond donors (Lipinski definition) is 4. The SMILES string of the molecule is Cc1[nH]c2ccccc2c1CCNCc1ccc(/C=C/C(=O)NO)cc1F. The fraction of sp³-hybridized carbons (Fsp3) is 0.190. The second-order valence-corrected chi connectivity index (χ2v) is 6.36. The van der Waals surface area contributed by atoms with Crippen LogP contribution in [0.25, 0.3) is 17.0 Å². The van der Waals surface area contributed by atoms with Crippen LogP contribution in [0, 0.1) is 12.7 Å². The minimum absolute atomic E-state index is 0.336. The summed E-state index contributed by atoms with van der Waals surface area (Å²) in [7, 11) is 0. The molecule has 1 aromatic heterocycles. The molecule has 0 saturated carbocycles. The number of aromatic nitrogens is 1. The molecule has 2 aromatic carbocycles. The smallest absolute Gasteiger partial charge is 0.267 e. The van der Waals surface area contributed by atoms with Crippen LogP contribution in [0.3, 0.4) is 0 Å². The monoisotopic (exact) mass is 367 g/mol. The maximum atomic E-state index is 14.2. The zero-order valence-electron chi connectivity index (χ0n) is 15.1. The number of carbonyl (C=O) groups is 1. The van der Waals surface area contributed by atoms with Gasteiger partial charge >= 0.3 is 0 Å². The van der Waals surface area contributed by atoms with Crippen molar-refractivity contribution in [3.63, 3.8) is 0 Å². The Morgan fingerprint density at radius 1 is 1.26 bits per heavy atom. The predicted octanol–water partition coefficient (Wildman–Crippen LogP) is 3.47.